The first-order valence-corrected chi connectivity index (χ1v) is 14.9. The van der Waals surface area contributed by atoms with E-state index in [-0.39, 0.29) is 17.2 Å². The maximum absolute atomic E-state index is 13.6. The molecule has 0 radical (unpaired) electrons. The summed E-state index contributed by atoms with van der Waals surface area (Å²) in [5.74, 6) is 1.22. The van der Waals surface area contributed by atoms with Gasteiger partial charge in [-0.1, -0.05) is 48.5 Å². The predicted octanol–water partition coefficient (Wildman–Crippen LogP) is 6.92. The van der Waals surface area contributed by atoms with Crippen LogP contribution >= 0.6 is 0 Å². The third kappa shape index (κ3) is 5.86. The van der Waals surface area contributed by atoms with E-state index in [2.05, 4.69) is 15.3 Å². The molecule has 1 N–H and O–H groups in total. The van der Waals surface area contributed by atoms with E-state index in [4.69, 9.17) is 9.47 Å². The second-order valence-corrected chi connectivity index (χ2v) is 10.9. The zero-order chi connectivity index (χ0) is 31.5. The number of amides is 1. The SMILES string of the molecule is O=C1CCCc2c1cc(C(=O)Nc1ccc(Oc3ccnc4cc(OCc5ccccc5)ccc34)cn1)c(=O)n2-c1ccccc1. The number of nitrogens with one attached hydrogen (secondary N) is 1. The number of hydrogen-bond acceptors (Lipinski definition) is 7. The van der Waals surface area contributed by atoms with Crippen LogP contribution in [0.1, 0.15) is 44.8 Å². The number of fused-ring (bicyclic) bond motifs is 2. The normalized spacial score (nSPS) is 12.4. The summed E-state index contributed by atoms with van der Waals surface area (Å²) < 4.78 is 13.5. The second kappa shape index (κ2) is 12.5. The Hall–Kier alpha value is -6.09. The van der Waals surface area contributed by atoms with Gasteiger partial charge in [0.1, 0.15) is 35.2 Å². The largest absolute Gasteiger partial charge is 0.489 e. The molecular weight excluding hydrogens is 580 g/mol. The summed E-state index contributed by atoms with van der Waals surface area (Å²) in [5.41, 5.74) is 2.80. The Morgan fingerprint density at radius 2 is 1.61 bits per heavy atom. The van der Waals surface area contributed by atoms with Gasteiger partial charge in [-0.25, -0.2) is 4.98 Å². The molecular formula is C37H28N4O5. The Morgan fingerprint density at radius 1 is 0.826 bits per heavy atom. The van der Waals surface area contributed by atoms with E-state index in [0.717, 1.165) is 10.9 Å². The molecule has 1 aliphatic rings. The van der Waals surface area contributed by atoms with Gasteiger partial charge in [-0.05, 0) is 66.9 Å². The van der Waals surface area contributed by atoms with Crippen molar-refractivity contribution in [2.45, 2.75) is 25.9 Å². The minimum atomic E-state index is -0.651. The number of hydrogen-bond donors (Lipinski definition) is 1. The number of aromatic nitrogens is 3. The topological polar surface area (TPSA) is 112 Å². The maximum Gasteiger partial charge on any atom is 0.268 e. The fourth-order valence-corrected chi connectivity index (χ4v) is 5.55. The molecule has 3 heterocycles. The highest BCUT2D eigenvalue weighted by molar-refractivity contribution is 6.06. The summed E-state index contributed by atoms with van der Waals surface area (Å²) >= 11 is 0. The number of rotatable bonds is 8. The Balaban J connectivity index is 1.09. The van der Waals surface area contributed by atoms with Gasteiger partial charge < -0.3 is 14.8 Å². The molecule has 46 heavy (non-hydrogen) atoms. The van der Waals surface area contributed by atoms with Crippen LogP contribution < -0.4 is 20.3 Å². The van der Waals surface area contributed by atoms with E-state index in [9.17, 15) is 14.4 Å². The first-order chi connectivity index (χ1) is 22.5. The second-order valence-electron chi connectivity index (χ2n) is 10.9. The lowest BCUT2D eigenvalue weighted by molar-refractivity contribution is 0.0971. The number of carbonyl (C=O) groups excluding carboxylic acids is 2. The van der Waals surface area contributed by atoms with E-state index in [1.807, 2.05) is 66.7 Å². The van der Waals surface area contributed by atoms with Crippen molar-refractivity contribution in [1.29, 1.82) is 0 Å². The molecule has 3 aromatic heterocycles. The average molecular weight is 609 g/mol. The van der Waals surface area contributed by atoms with Gasteiger partial charge in [0.25, 0.3) is 11.5 Å². The van der Waals surface area contributed by atoms with Crippen LogP contribution in [-0.2, 0) is 13.0 Å². The standard InChI is InChI=1S/C37H28N4O5/c42-33-13-7-12-32-29(33)21-30(37(44)41(32)25-10-5-2-6-11-25)36(43)40-35-17-15-27(22-39-35)46-34-18-19-38-31-20-26(14-16-28(31)34)45-23-24-8-3-1-4-9-24/h1-6,8-11,14-22H,7,12-13,23H2,(H,39,40,43). The fourth-order valence-electron chi connectivity index (χ4n) is 5.55. The van der Waals surface area contributed by atoms with Gasteiger partial charge in [0.15, 0.2) is 5.78 Å². The van der Waals surface area contributed by atoms with Crippen LogP contribution in [-0.4, -0.2) is 26.2 Å². The van der Waals surface area contributed by atoms with Crippen LogP contribution in [0.2, 0.25) is 0 Å². The van der Waals surface area contributed by atoms with Crippen molar-refractivity contribution < 1.29 is 19.1 Å². The Bertz CT molecular complexity index is 2130. The van der Waals surface area contributed by atoms with Gasteiger partial charge in [0, 0.05) is 41.0 Å². The molecule has 9 nitrogen and oxygen atoms in total. The molecule has 0 unspecified atom stereocenters. The minimum absolute atomic E-state index is 0.0841. The molecule has 3 aromatic carbocycles. The third-order valence-electron chi connectivity index (χ3n) is 7.81. The lowest BCUT2D eigenvalue weighted by atomic mass is 9.92. The van der Waals surface area contributed by atoms with Gasteiger partial charge in [0.05, 0.1) is 11.7 Å². The van der Waals surface area contributed by atoms with Crippen LogP contribution in [0.25, 0.3) is 16.6 Å². The number of para-hydroxylation sites is 1. The number of carbonyl (C=O) groups is 2. The van der Waals surface area contributed by atoms with E-state index < -0.39 is 11.5 Å². The molecule has 0 aliphatic heterocycles. The van der Waals surface area contributed by atoms with Crippen molar-refractivity contribution in [3.8, 4) is 22.9 Å². The quantitative estimate of drug-likeness (QED) is 0.200. The van der Waals surface area contributed by atoms with Crippen LogP contribution in [0, 0.1) is 0 Å². The van der Waals surface area contributed by atoms with Gasteiger partial charge in [0.2, 0.25) is 0 Å². The monoisotopic (exact) mass is 608 g/mol. The summed E-state index contributed by atoms with van der Waals surface area (Å²) in [6.07, 6.45) is 4.75. The fraction of sp³-hybridized carbons (Fsp3) is 0.108. The Labute approximate surface area is 264 Å². The lowest BCUT2D eigenvalue weighted by Crippen LogP contribution is -2.33. The first kappa shape index (κ1) is 28.7. The predicted molar refractivity (Wildman–Crippen MR) is 174 cm³/mol. The van der Waals surface area contributed by atoms with Gasteiger partial charge in [-0.3, -0.25) is 23.9 Å². The van der Waals surface area contributed by atoms with E-state index in [0.29, 0.717) is 65.6 Å². The Morgan fingerprint density at radius 3 is 2.39 bits per heavy atom. The zero-order valence-electron chi connectivity index (χ0n) is 24.7. The molecule has 0 saturated heterocycles. The summed E-state index contributed by atoms with van der Waals surface area (Å²) in [6.45, 7) is 0.449. The van der Waals surface area contributed by atoms with E-state index in [1.54, 1.807) is 36.5 Å². The van der Waals surface area contributed by atoms with Crippen molar-refractivity contribution in [2.75, 3.05) is 5.32 Å². The zero-order valence-corrected chi connectivity index (χ0v) is 24.7. The van der Waals surface area contributed by atoms with E-state index >= 15 is 0 Å². The molecule has 0 atom stereocenters. The average Bonchev–Trinajstić information content (AvgIpc) is 3.09. The minimum Gasteiger partial charge on any atom is -0.489 e. The van der Waals surface area contributed by atoms with Gasteiger partial charge in [-0.15, -0.1) is 0 Å². The molecule has 1 amide bonds. The molecule has 226 valence electrons. The number of pyridine rings is 3. The molecule has 0 spiro atoms. The van der Waals surface area contributed by atoms with Gasteiger partial charge in [-0.2, -0.15) is 0 Å². The first-order valence-electron chi connectivity index (χ1n) is 14.9. The van der Waals surface area contributed by atoms with E-state index in [1.165, 1.54) is 16.8 Å². The summed E-state index contributed by atoms with van der Waals surface area (Å²) in [6, 6.07) is 31.0. The maximum atomic E-state index is 13.6. The lowest BCUT2D eigenvalue weighted by Gasteiger charge is -2.21. The van der Waals surface area contributed by atoms with Crippen molar-refractivity contribution in [1.82, 2.24) is 14.5 Å². The third-order valence-corrected chi connectivity index (χ3v) is 7.81. The highest BCUT2D eigenvalue weighted by Gasteiger charge is 2.26. The highest BCUT2D eigenvalue weighted by atomic mass is 16.5. The van der Waals surface area contributed by atoms with Crippen molar-refractivity contribution >= 4 is 28.4 Å². The van der Waals surface area contributed by atoms with Crippen LogP contribution in [0.3, 0.4) is 0 Å². The number of anilines is 1. The highest BCUT2D eigenvalue weighted by Crippen LogP contribution is 2.31. The molecule has 0 fully saturated rings. The number of ketones is 1. The summed E-state index contributed by atoms with van der Waals surface area (Å²) in [4.78, 5) is 48.6. The van der Waals surface area contributed by atoms with Crippen LogP contribution in [0.4, 0.5) is 5.82 Å². The number of nitrogens with zero attached hydrogens (tertiary/aromatic N) is 3. The van der Waals surface area contributed by atoms with Crippen LogP contribution in [0.5, 0.6) is 17.2 Å². The molecule has 1 aliphatic carbocycles. The molecule has 7 rings (SSSR count). The Kier molecular flexibility index (Phi) is 7.78. The van der Waals surface area contributed by atoms with Crippen molar-refractivity contribution in [2.24, 2.45) is 0 Å². The van der Waals surface area contributed by atoms with Crippen molar-refractivity contribution in [3.05, 3.63) is 148 Å². The molecule has 6 aromatic rings. The summed E-state index contributed by atoms with van der Waals surface area (Å²) in [5, 5.41) is 3.49. The summed E-state index contributed by atoms with van der Waals surface area (Å²) in [7, 11) is 0. The number of Topliss-reactive ketones (excluding diaryl/α,β-unsaturated/α-hetero) is 1. The number of benzene rings is 3. The van der Waals surface area contributed by atoms with Gasteiger partial charge >= 0.3 is 0 Å². The molecule has 9 heteroatoms. The molecule has 0 saturated carbocycles. The smallest absolute Gasteiger partial charge is 0.268 e. The molecule has 0 bridgehead atoms. The number of ether oxygens (including phenoxy) is 2. The van der Waals surface area contributed by atoms with Crippen LogP contribution in [0.15, 0.2) is 120 Å². The van der Waals surface area contributed by atoms with Crippen molar-refractivity contribution in [3.63, 3.8) is 0 Å².